The van der Waals surface area contributed by atoms with E-state index in [1.807, 2.05) is 36.6 Å². The summed E-state index contributed by atoms with van der Waals surface area (Å²) in [5.41, 5.74) is 4.71. The Hall–Kier alpha value is -3.46. The van der Waals surface area contributed by atoms with E-state index in [4.69, 9.17) is 14.7 Å². The van der Waals surface area contributed by atoms with Gasteiger partial charge in [0.2, 0.25) is 0 Å². The van der Waals surface area contributed by atoms with Crippen molar-refractivity contribution in [2.24, 2.45) is 17.0 Å². The van der Waals surface area contributed by atoms with E-state index < -0.39 is 0 Å². The van der Waals surface area contributed by atoms with Crippen LogP contribution in [0.2, 0.25) is 0 Å². The molecule has 0 aromatic carbocycles. The number of hydrogen-bond donors (Lipinski definition) is 0. The zero-order valence-corrected chi connectivity index (χ0v) is 23.8. The second kappa shape index (κ2) is 12.0. The maximum Gasteiger partial charge on any atom is 0.253 e. The van der Waals surface area contributed by atoms with Crippen LogP contribution in [0.15, 0.2) is 69.4 Å². The first kappa shape index (κ1) is 26.7. The average Bonchev–Trinajstić information content (AvgIpc) is 3.78. The van der Waals surface area contributed by atoms with Gasteiger partial charge in [-0.15, -0.1) is 0 Å². The minimum atomic E-state index is 0.0357. The van der Waals surface area contributed by atoms with Crippen molar-refractivity contribution in [2.45, 2.75) is 57.0 Å². The van der Waals surface area contributed by atoms with Crippen LogP contribution < -0.4 is 0 Å². The van der Waals surface area contributed by atoms with Gasteiger partial charge < -0.3 is 19.4 Å². The first-order chi connectivity index (χ1) is 19.6. The van der Waals surface area contributed by atoms with Crippen molar-refractivity contribution in [2.75, 3.05) is 46.4 Å². The monoisotopic (exact) mass is 543 g/mol. The Kier molecular flexibility index (Phi) is 8.00. The molecule has 3 aliphatic heterocycles. The number of nitrogens with zero attached hydrogens (tertiary/aromatic N) is 7. The summed E-state index contributed by atoms with van der Waals surface area (Å²) in [7, 11) is 3.63. The maximum absolute atomic E-state index is 13.4. The quantitative estimate of drug-likeness (QED) is 0.477. The van der Waals surface area contributed by atoms with Gasteiger partial charge in [0.15, 0.2) is 0 Å². The molecule has 212 valence electrons. The predicted molar refractivity (Wildman–Crippen MR) is 157 cm³/mol. The van der Waals surface area contributed by atoms with Crippen molar-refractivity contribution in [1.82, 2.24) is 24.5 Å². The third kappa shape index (κ3) is 5.84. The fourth-order valence-electron chi connectivity index (χ4n) is 6.41. The van der Waals surface area contributed by atoms with E-state index in [0.29, 0.717) is 0 Å². The number of carbonyl (C=O) groups excluding carboxylic acids is 1. The van der Waals surface area contributed by atoms with Crippen LogP contribution in [0.3, 0.4) is 0 Å². The Balaban J connectivity index is 1.28. The molecule has 4 heterocycles. The van der Waals surface area contributed by atoms with Gasteiger partial charge in [-0.1, -0.05) is 6.08 Å². The molecule has 0 saturated carbocycles. The summed E-state index contributed by atoms with van der Waals surface area (Å²) in [6, 6.07) is 0.0767. The van der Waals surface area contributed by atoms with E-state index in [1.54, 1.807) is 11.8 Å². The highest BCUT2D eigenvalue weighted by molar-refractivity contribution is 6.38. The van der Waals surface area contributed by atoms with Crippen LogP contribution in [-0.2, 0) is 16.6 Å². The number of aryl methyl sites for hydroxylation is 1. The number of allylic oxidation sites excluding steroid dienone is 1. The third-order valence-corrected chi connectivity index (χ3v) is 8.62. The number of fused-ring (bicyclic) bond motifs is 1. The second-order valence-electron chi connectivity index (χ2n) is 11.4. The molecule has 0 spiro atoms. The smallest absolute Gasteiger partial charge is 0.253 e. The summed E-state index contributed by atoms with van der Waals surface area (Å²) in [5.74, 6) is 0.984. The molecule has 0 radical (unpaired) electrons. The van der Waals surface area contributed by atoms with Crippen LogP contribution in [0.4, 0.5) is 0 Å². The van der Waals surface area contributed by atoms with E-state index in [9.17, 15) is 4.79 Å². The molecule has 2 aliphatic carbocycles. The van der Waals surface area contributed by atoms with Gasteiger partial charge in [-0.25, -0.2) is 4.99 Å². The molecule has 2 atom stereocenters. The number of likely N-dealkylation sites (tertiary alicyclic amines) is 2. The summed E-state index contributed by atoms with van der Waals surface area (Å²) >= 11 is 0. The first-order valence-electron chi connectivity index (χ1n) is 14.8. The molecule has 2 fully saturated rings. The van der Waals surface area contributed by atoms with E-state index in [2.05, 4.69) is 33.1 Å². The number of rotatable bonds is 9. The standard InChI is InChI=1S/C31H41N7O2/c1-35-22-24(20-33-35)30-21-32-28-9-8-25(19-29(28)34-30)38(15-7-12-36-10-3-4-11-36)26-16-23(17-27(18-26)40-2)31(39)37-13-5-6-14-37/h8,16-17,19-22,26,28H,3-7,9-15,18H2,1-2H3. The van der Waals surface area contributed by atoms with Gasteiger partial charge in [0.1, 0.15) is 0 Å². The first-order valence-corrected chi connectivity index (χ1v) is 14.8. The SMILES string of the molecule is COC1=CC(C(=O)N2CCCC2)=CC(N(CCCN2CCCC2)C2=CCC3N=CC(c4cnn(C)c4)=NC3=C2)C1. The minimum absolute atomic E-state index is 0.0357. The summed E-state index contributed by atoms with van der Waals surface area (Å²) in [5, 5.41) is 4.31. The Bertz CT molecular complexity index is 1290. The summed E-state index contributed by atoms with van der Waals surface area (Å²) in [4.78, 5) is 30.3. The second-order valence-corrected chi connectivity index (χ2v) is 11.4. The lowest BCUT2D eigenvalue weighted by molar-refractivity contribution is -0.125. The molecule has 40 heavy (non-hydrogen) atoms. The van der Waals surface area contributed by atoms with Crippen LogP contribution in [0, 0.1) is 0 Å². The number of amides is 1. The molecule has 2 saturated heterocycles. The molecule has 0 bridgehead atoms. The molecular formula is C31H41N7O2. The van der Waals surface area contributed by atoms with Gasteiger partial charge in [0.25, 0.3) is 5.91 Å². The van der Waals surface area contributed by atoms with Crippen molar-refractivity contribution in [3.8, 4) is 0 Å². The Morgan fingerprint density at radius 1 is 1.12 bits per heavy atom. The highest BCUT2D eigenvalue weighted by atomic mass is 16.5. The third-order valence-electron chi connectivity index (χ3n) is 8.62. The number of carbonyl (C=O) groups is 1. The Morgan fingerprint density at radius 2 is 1.93 bits per heavy atom. The molecule has 2 unspecified atom stereocenters. The maximum atomic E-state index is 13.4. The molecule has 0 N–H and O–H groups in total. The van der Waals surface area contributed by atoms with Gasteiger partial charge in [-0.2, -0.15) is 5.10 Å². The molecule has 9 heteroatoms. The zero-order valence-electron chi connectivity index (χ0n) is 23.8. The topological polar surface area (TPSA) is 78.6 Å². The van der Waals surface area contributed by atoms with Crippen molar-refractivity contribution in [1.29, 1.82) is 0 Å². The molecule has 1 amide bonds. The van der Waals surface area contributed by atoms with Crippen molar-refractivity contribution in [3.05, 3.63) is 65.0 Å². The van der Waals surface area contributed by atoms with E-state index in [0.717, 1.165) is 92.3 Å². The predicted octanol–water partition coefficient (Wildman–Crippen LogP) is 3.47. The molecule has 5 aliphatic rings. The van der Waals surface area contributed by atoms with Gasteiger partial charge in [-0.3, -0.25) is 14.5 Å². The highest BCUT2D eigenvalue weighted by Crippen LogP contribution is 2.32. The van der Waals surface area contributed by atoms with Crippen LogP contribution in [0.25, 0.3) is 0 Å². The lowest BCUT2D eigenvalue weighted by Gasteiger charge is -2.37. The number of methoxy groups -OCH3 is 1. The van der Waals surface area contributed by atoms with Crippen LogP contribution in [0.5, 0.6) is 0 Å². The lowest BCUT2D eigenvalue weighted by Crippen LogP contribution is -2.39. The molecular weight excluding hydrogens is 502 g/mol. The van der Waals surface area contributed by atoms with E-state index in [1.165, 1.54) is 25.9 Å². The molecule has 1 aromatic rings. The number of hydrogen-bond acceptors (Lipinski definition) is 7. The Labute approximate surface area is 237 Å². The Morgan fingerprint density at radius 3 is 2.67 bits per heavy atom. The fourth-order valence-corrected chi connectivity index (χ4v) is 6.41. The van der Waals surface area contributed by atoms with Crippen molar-refractivity contribution >= 4 is 17.8 Å². The van der Waals surface area contributed by atoms with Crippen LogP contribution in [0.1, 0.15) is 50.5 Å². The summed E-state index contributed by atoms with van der Waals surface area (Å²) in [6.07, 6.45) is 21.7. The minimum Gasteiger partial charge on any atom is -0.501 e. The lowest BCUT2D eigenvalue weighted by atomic mass is 9.95. The van der Waals surface area contributed by atoms with Gasteiger partial charge in [0.05, 0.1) is 42.6 Å². The molecule has 9 nitrogen and oxygen atoms in total. The normalized spacial score (nSPS) is 24.6. The largest absolute Gasteiger partial charge is 0.501 e. The average molecular weight is 544 g/mol. The van der Waals surface area contributed by atoms with Gasteiger partial charge in [0, 0.05) is 62.3 Å². The number of ether oxygens (including phenoxy) is 1. The summed E-state index contributed by atoms with van der Waals surface area (Å²) < 4.78 is 7.56. The van der Waals surface area contributed by atoms with Crippen LogP contribution in [-0.4, -0.2) is 101 Å². The molecule has 6 rings (SSSR count). The fraction of sp³-hybridized carbons (Fsp3) is 0.548. The van der Waals surface area contributed by atoms with E-state index in [-0.39, 0.29) is 18.0 Å². The summed E-state index contributed by atoms with van der Waals surface area (Å²) in [6.45, 7) is 6.08. The van der Waals surface area contributed by atoms with Gasteiger partial charge in [-0.05, 0) is 76.4 Å². The van der Waals surface area contributed by atoms with Gasteiger partial charge >= 0.3 is 0 Å². The molecule has 1 aromatic heterocycles. The van der Waals surface area contributed by atoms with Crippen LogP contribution >= 0.6 is 0 Å². The number of aliphatic imine (C=N–C) groups is 2. The zero-order chi connectivity index (χ0) is 27.5. The highest BCUT2D eigenvalue weighted by Gasteiger charge is 2.31. The van der Waals surface area contributed by atoms with Crippen molar-refractivity contribution in [3.63, 3.8) is 0 Å². The van der Waals surface area contributed by atoms with E-state index >= 15 is 0 Å². The number of aromatic nitrogens is 2. The van der Waals surface area contributed by atoms with Crippen molar-refractivity contribution < 1.29 is 9.53 Å².